The molecule has 2 aromatic carbocycles. The van der Waals surface area contributed by atoms with Crippen LogP contribution in [0.25, 0.3) is 11.1 Å². The molecule has 8 nitrogen and oxygen atoms in total. The van der Waals surface area contributed by atoms with Gasteiger partial charge in [-0.1, -0.05) is 17.7 Å². The van der Waals surface area contributed by atoms with Gasteiger partial charge in [-0.3, -0.25) is 9.69 Å². The van der Waals surface area contributed by atoms with E-state index >= 15 is 0 Å². The van der Waals surface area contributed by atoms with Crippen molar-refractivity contribution >= 4 is 29.4 Å². The number of halogens is 1. The van der Waals surface area contributed by atoms with Crippen molar-refractivity contribution in [2.75, 3.05) is 13.2 Å². The molecule has 2 aromatic rings. The molecule has 3 aliphatic rings. The van der Waals surface area contributed by atoms with Gasteiger partial charge in [0.15, 0.2) is 6.10 Å². The van der Waals surface area contributed by atoms with Crippen LogP contribution < -0.4 is 4.74 Å². The Hall–Kier alpha value is -3.10. The molecule has 0 radical (unpaired) electrons. The molecule has 3 atom stereocenters. The summed E-state index contributed by atoms with van der Waals surface area (Å²) in [6, 6.07) is 8.34. The average molecular weight is 486 g/mol. The van der Waals surface area contributed by atoms with E-state index in [1.54, 1.807) is 6.07 Å². The van der Waals surface area contributed by atoms with Crippen LogP contribution in [0, 0.1) is 0 Å². The predicted molar refractivity (Wildman–Crippen MR) is 122 cm³/mol. The number of fused-ring (bicyclic) bond motifs is 4. The number of carbonyl (C=O) groups is 3. The van der Waals surface area contributed by atoms with E-state index in [0.29, 0.717) is 42.4 Å². The van der Waals surface area contributed by atoms with Gasteiger partial charge in [-0.2, -0.15) is 0 Å². The van der Waals surface area contributed by atoms with E-state index in [4.69, 9.17) is 25.8 Å². The number of benzene rings is 2. The Balaban J connectivity index is 1.35. The number of rotatable bonds is 4. The van der Waals surface area contributed by atoms with E-state index in [2.05, 4.69) is 0 Å². The SMILES string of the molecule is CCOC1CC(C(=O)OC2CCc3cc4c(cc3C2=O)OCc2cc(Cl)ccc2-4)N(C(=O)O)C1. The second-order valence-electron chi connectivity index (χ2n) is 8.69. The molecule has 3 unspecified atom stereocenters. The number of ether oxygens (including phenoxy) is 3. The maximum Gasteiger partial charge on any atom is 0.408 e. The molecule has 0 aromatic heterocycles. The molecule has 1 N–H and O–H groups in total. The molecule has 1 amide bonds. The molecule has 1 fully saturated rings. The lowest BCUT2D eigenvalue weighted by Crippen LogP contribution is -2.43. The summed E-state index contributed by atoms with van der Waals surface area (Å²) < 4.78 is 17.0. The Morgan fingerprint density at radius 3 is 2.76 bits per heavy atom. The number of amides is 1. The highest BCUT2D eigenvalue weighted by molar-refractivity contribution is 6.30. The van der Waals surface area contributed by atoms with E-state index < -0.39 is 24.2 Å². The van der Waals surface area contributed by atoms with Gasteiger partial charge in [-0.15, -0.1) is 0 Å². The standard InChI is InChI=1S/C25H24ClNO7/c1-2-32-16-9-20(27(11-16)25(30)31)24(29)34-21-6-3-13-8-19-17-5-4-15(26)7-14(17)12-33-22(19)10-18(13)23(21)28/h4-5,7-8,10,16,20-21H,2-3,6,9,11-12H2,1H3,(H,30,31). The number of hydrogen-bond donors (Lipinski definition) is 1. The second kappa shape index (κ2) is 8.92. The first-order chi connectivity index (χ1) is 16.4. The average Bonchev–Trinajstić information content (AvgIpc) is 3.24. The van der Waals surface area contributed by atoms with Crippen molar-refractivity contribution in [2.24, 2.45) is 0 Å². The molecule has 9 heteroatoms. The number of esters is 1. The fraction of sp³-hybridized carbons (Fsp3) is 0.400. The summed E-state index contributed by atoms with van der Waals surface area (Å²) in [4.78, 5) is 38.7. The van der Waals surface area contributed by atoms with Gasteiger partial charge in [0.05, 0.1) is 12.6 Å². The molecule has 0 bridgehead atoms. The number of carboxylic acid groups (broad SMARTS) is 1. The van der Waals surface area contributed by atoms with Gasteiger partial charge < -0.3 is 19.3 Å². The number of Topliss-reactive ketones (excluding diaryl/α,β-unsaturated/α-hetero) is 1. The highest BCUT2D eigenvalue weighted by Crippen LogP contribution is 2.42. The molecule has 34 heavy (non-hydrogen) atoms. The van der Waals surface area contributed by atoms with Gasteiger partial charge in [0, 0.05) is 29.2 Å². The topological polar surface area (TPSA) is 102 Å². The van der Waals surface area contributed by atoms with Gasteiger partial charge in [0.25, 0.3) is 0 Å². The van der Waals surface area contributed by atoms with E-state index in [1.807, 2.05) is 31.2 Å². The molecular formula is C25H24ClNO7. The van der Waals surface area contributed by atoms with E-state index in [0.717, 1.165) is 27.2 Å². The summed E-state index contributed by atoms with van der Waals surface area (Å²) in [5.74, 6) is -0.420. The first-order valence-corrected chi connectivity index (χ1v) is 11.7. The van der Waals surface area contributed by atoms with E-state index in [-0.39, 0.29) is 24.9 Å². The zero-order valence-corrected chi connectivity index (χ0v) is 19.3. The molecule has 2 aliphatic heterocycles. The lowest BCUT2D eigenvalue weighted by atomic mass is 9.85. The van der Waals surface area contributed by atoms with Crippen LogP contribution in [0.4, 0.5) is 4.79 Å². The molecule has 5 rings (SSSR count). The molecule has 2 heterocycles. The smallest absolute Gasteiger partial charge is 0.408 e. The Bertz CT molecular complexity index is 1180. The number of carbonyl (C=O) groups excluding carboxylic acids is 2. The lowest BCUT2D eigenvalue weighted by Gasteiger charge is -2.28. The maximum atomic E-state index is 13.2. The van der Waals surface area contributed by atoms with Gasteiger partial charge in [0.1, 0.15) is 18.4 Å². The van der Waals surface area contributed by atoms with Crippen LogP contribution in [-0.4, -0.2) is 59.3 Å². The van der Waals surface area contributed by atoms with Crippen molar-refractivity contribution < 1.29 is 33.7 Å². The fourth-order valence-electron chi connectivity index (χ4n) is 5.00. The van der Waals surface area contributed by atoms with Crippen molar-refractivity contribution in [3.63, 3.8) is 0 Å². The van der Waals surface area contributed by atoms with Crippen molar-refractivity contribution in [1.29, 1.82) is 0 Å². The third-order valence-electron chi connectivity index (χ3n) is 6.62. The number of ketones is 1. The van der Waals surface area contributed by atoms with Crippen LogP contribution in [0.1, 0.15) is 41.3 Å². The highest BCUT2D eigenvalue weighted by atomic mass is 35.5. The largest absolute Gasteiger partial charge is 0.488 e. The van der Waals surface area contributed by atoms with Crippen LogP contribution in [0.2, 0.25) is 5.02 Å². The summed E-state index contributed by atoms with van der Waals surface area (Å²) in [6.45, 7) is 2.68. The maximum absolute atomic E-state index is 13.2. The zero-order chi connectivity index (χ0) is 24.0. The molecule has 0 spiro atoms. The second-order valence-corrected chi connectivity index (χ2v) is 9.12. The number of aryl methyl sites for hydroxylation is 1. The summed E-state index contributed by atoms with van der Waals surface area (Å²) in [7, 11) is 0. The summed E-state index contributed by atoms with van der Waals surface area (Å²) in [5, 5.41) is 10.1. The fourth-order valence-corrected chi connectivity index (χ4v) is 5.20. The molecule has 1 saturated heterocycles. The number of likely N-dealkylation sites (tertiary alicyclic amines) is 1. The summed E-state index contributed by atoms with van der Waals surface area (Å²) >= 11 is 6.11. The van der Waals surface area contributed by atoms with Crippen LogP contribution in [-0.2, 0) is 27.3 Å². The van der Waals surface area contributed by atoms with E-state index in [9.17, 15) is 19.5 Å². The molecule has 1 aliphatic carbocycles. The molecule has 0 saturated carbocycles. The minimum absolute atomic E-state index is 0.0978. The summed E-state index contributed by atoms with van der Waals surface area (Å²) in [5.41, 5.74) is 4.25. The zero-order valence-electron chi connectivity index (χ0n) is 18.6. The van der Waals surface area contributed by atoms with Gasteiger partial charge >= 0.3 is 12.1 Å². The predicted octanol–water partition coefficient (Wildman–Crippen LogP) is 4.10. The molecule has 178 valence electrons. The minimum atomic E-state index is -1.21. The van der Waals surface area contributed by atoms with Gasteiger partial charge in [0.2, 0.25) is 5.78 Å². The van der Waals surface area contributed by atoms with Gasteiger partial charge in [-0.05, 0) is 60.7 Å². The first-order valence-electron chi connectivity index (χ1n) is 11.3. The minimum Gasteiger partial charge on any atom is -0.488 e. The Labute approximate surface area is 201 Å². The Morgan fingerprint density at radius 1 is 1.18 bits per heavy atom. The van der Waals surface area contributed by atoms with Crippen LogP contribution in [0.15, 0.2) is 30.3 Å². The van der Waals surface area contributed by atoms with Crippen molar-refractivity contribution in [2.45, 2.75) is 51.0 Å². The monoisotopic (exact) mass is 485 g/mol. The van der Waals surface area contributed by atoms with Crippen molar-refractivity contribution in [3.8, 4) is 16.9 Å². The van der Waals surface area contributed by atoms with Crippen molar-refractivity contribution in [3.05, 3.63) is 52.0 Å². The number of nitrogens with zero attached hydrogens (tertiary/aromatic N) is 1. The van der Waals surface area contributed by atoms with Gasteiger partial charge in [-0.25, -0.2) is 9.59 Å². The van der Waals surface area contributed by atoms with Crippen LogP contribution >= 0.6 is 11.6 Å². The lowest BCUT2D eigenvalue weighted by molar-refractivity contribution is -0.152. The summed E-state index contributed by atoms with van der Waals surface area (Å²) in [6.07, 6.45) is -1.46. The Kier molecular flexibility index (Phi) is 5.95. The highest BCUT2D eigenvalue weighted by Gasteiger charge is 2.43. The third kappa shape index (κ3) is 4.01. The van der Waals surface area contributed by atoms with E-state index in [1.165, 1.54) is 0 Å². The third-order valence-corrected chi connectivity index (χ3v) is 6.86. The number of hydrogen-bond acceptors (Lipinski definition) is 6. The van der Waals surface area contributed by atoms with Crippen molar-refractivity contribution in [1.82, 2.24) is 4.90 Å². The molecular weight excluding hydrogens is 462 g/mol. The van der Waals surface area contributed by atoms with Crippen LogP contribution in [0.5, 0.6) is 5.75 Å². The quantitative estimate of drug-likeness (QED) is 0.650. The normalized spacial score (nSPS) is 22.9. The first kappa shape index (κ1) is 22.7. The van der Waals surface area contributed by atoms with Crippen LogP contribution in [0.3, 0.4) is 0 Å². The Morgan fingerprint density at radius 2 is 2.00 bits per heavy atom.